The van der Waals surface area contributed by atoms with Crippen molar-refractivity contribution in [3.63, 3.8) is 0 Å². The molecule has 1 saturated heterocycles. The molecule has 138 valence electrons. The number of hydrogen-bond acceptors (Lipinski definition) is 6. The van der Waals surface area contributed by atoms with E-state index in [1.54, 1.807) is 54.6 Å². The topological polar surface area (TPSA) is 91.6 Å². The maximum absolute atomic E-state index is 12.8. The second kappa shape index (κ2) is 8.86. The predicted octanol–water partition coefficient (Wildman–Crippen LogP) is 3.13. The highest BCUT2D eigenvalue weighted by atomic mass is 16.5. The Morgan fingerprint density at radius 1 is 0.926 bits per heavy atom. The molecule has 27 heavy (non-hydrogen) atoms. The molecule has 0 atom stereocenters. The van der Waals surface area contributed by atoms with Gasteiger partial charge in [-0.2, -0.15) is 5.11 Å². The number of Topliss-reactive ketones (excluding diaryl/α,β-unsaturated/α-hetero) is 1. The number of hydrogen-bond donors (Lipinski definition) is 1. The lowest BCUT2D eigenvalue weighted by molar-refractivity contribution is -0.145. The third kappa shape index (κ3) is 4.65. The minimum atomic E-state index is -0.905. The first kappa shape index (κ1) is 18.5. The number of rotatable bonds is 5. The molecule has 0 saturated carbocycles. The fraction of sp³-hybridized carbons (Fsp3) is 0.200. The number of benzene rings is 2. The molecular weight excluding hydrogens is 346 g/mol. The van der Waals surface area contributed by atoms with Crippen molar-refractivity contribution in [1.82, 2.24) is 4.90 Å². The monoisotopic (exact) mass is 365 g/mol. The number of aliphatic hydroxyl groups is 1. The van der Waals surface area contributed by atoms with Gasteiger partial charge in [0.1, 0.15) is 0 Å². The van der Waals surface area contributed by atoms with E-state index in [1.165, 1.54) is 4.90 Å². The molecule has 1 aliphatic heterocycles. The van der Waals surface area contributed by atoms with Gasteiger partial charge >= 0.3 is 0 Å². The van der Waals surface area contributed by atoms with Gasteiger partial charge in [-0.15, -0.1) is 5.11 Å². The highest BCUT2D eigenvalue weighted by molar-refractivity contribution is 6.43. The average Bonchev–Trinajstić information content (AvgIpc) is 2.75. The maximum Gasteiger partial charge on any atom is 0.297 e. The van der Waals surface area contributed by atoms with E-state index < -0.39 is 11.7 Å². The zero-order valence-corrected chi connectivity index (χ0v) is 14.6. The van der Waals surface area contributed by atoms with Crippen LogP contribution in [0.2, 0.25) is 0 Å². The normalized spacial score (nSPS) is 15.5. The van der Waals surface area contributed by atoms with E-state index in [0.29, 0.717) is 37.6 Å². The first-order valence-electron chi connectivity index (χ1n) is 8.53. The van der Waals surface area contributed by atoms with Crippen molar-refractivity contribution >= 4 is 23.1 Å². The largest absolute Gasteiger partial charge is 0.505 e. The molecule has 0 bridgehead atoms. The van der Waals surface area contributed by atoms with E-state index in [0.717, 1.165) is 0 Å². The quantitative estimate of drug-likeness (QED) is 0.381. The highest BCUT2D eigenvalue weighted by Crippen LogP contribution is 2.21. The van der Waals surface area contributed by atoms with Gasteiger partial charge in [-0.1, -0.05) is 48.5 Å². The van der Waals surface area contributed by atoms with Crippen molar-refractivity contribution in [2.75, 3.05) is 26.3 Å². The molecule has 2 aromatic carbocycles. The van der Waals surface area contributed by atoms with Gasteiger partial charge in [-0.25, -0.2) is 0 Å². The number of morpholine rings is 1. The summed E-state index contributed by atoms with van der Waals surface area (Å²) in [5.74, 6) is -2.03. The summed E-state index contributed by atoms with van der Waals surface area (Å²) in [6.07, 6.45) is 0. The van der Waals surface area contributed by atoms with Crippen molar-refractivity contribution in [1.29, 1.82) is 0 Å². The molecule has 7 heteroatoms. The van der Waals surface area contributed by atoms with Gasteiger partial charge in [0.05, 0.1) is 18.9 Å². The van der Waals surface area contributed by atoms with Crippen LogP contribution >= 0.6 is 0 Å². The Bertz CT molecular complexity index is 857. The van der Waals surface area contributed by atoms with Crippen LogP contribution in [-0.2, 0) is 14.3 Å². The smallest absolute Gasteiger partial charge is 0.297 e. The van der Waals surface area contributed by atoms with Crippen LogP contribution in [0.15, 0.2) is 76.6 Å². The standard InChI is InChI=1S/C20H19N3O4/c24-18(15-7-3-1-4-8-15)17(22-21-16-9-5-2-6-10-16)19(25)20(26)23-11-13-27-14-12-23/h1-10,24H,11-14H2/b18-17+,22-21?. The van der Waals surface area contributed by atoms with E-state index >= 15 is 0 Å². The fourth-order valence-electron chi connectivity index (χ4n) is 2.55. The van der Waals surface area contributed by atoms with Crippen LogP contribution in [0.4, 0.5) is 5.69 Å². The number of carbonyl (C=O) groups excluding carboxylic acids is 2. The lowest BCUT2D eigenvalue weighted by Gasteiger charge is -2.26. The van der Waals surface area contributed by atoms with Crippen molar-refractivity contribution in [3.8, 4) is 0 Å². The van der Waals surface area contributed by atoms with Gasteiger partial charge in [0.25, 0.3) is 11.7 Å². The third-order valence-corrected chi connectivity index (χ3v) is 4.00. The number of nitrogens with zero attached hydrogens (tertiary/aromatic N) is 3. The summed E-state index contributed by atoms with van der Waals surface area (Å²) in [7, 11) is 0. The second-order valence-electron chi connectivity index (χ2n) is 5.83. The van der Waals surface area contributed by atoms with E-state index in [4.69, 9.17) is 4.74 Å². The Balaban J connectivity index is 1.95. The Hall–Kier alpha value is -3.32. The molecule has 3 rings (SSSR count). The number of ether oxygens (including phenoxy) is 1. The molecule has 1 heterocycles. The molecule has 0 aromatic heterocycles. The van der Waals surface area contributed by atoms with E-state index in [-0.39, 0.29) is 11.5 Å². The molecule has 0 aliphatic carbocycles. The number of ketones is 1. The van der Waals surface area contributed by atoms with Crippen molar-refractivity contribution in [2.24, 2.45) is 10.2 Å². The van der Waals surface area contributed by atoms with Crippen LogP contribution in [0.5, 0.6) is 0 Å². The average molecular weight is 365 g/mol. The zero-order valence-electron chi connectivity index (χ0n) is 14.6. The van der Waals surface area contributed by atoms with Gasteiger partial charge in [-0.05, 0) is 12.1 Å². The van der Waals surface area contributed by atoms with Crippen molar-refractivity contribution in [2.45, 2.75) is 0 Å². The van der Waals surface area contributed by atoms with E-state index in [9.17, 15) is 14.7 Å². The highest BCUT2D eigenvalue weighted by Gasteiger charge is 2.29. The maximum atomic E-state index is 12.8. The second-order valence-corrected chi connectivity index (χ2v) is 5.83. The van der Waals surface area contributed by atoms with Crippen LogP contribution in [0.3, 0.4) is 0 Å². The molecule has 2 aromatic rings. The Labute approximate surface area is 156 Å². The minimum Gasteiger partial charge on any atom is -0.505 e. The predicted molar refractivity (Wildman–Crippen MR) is 99.4 cm³/mol. The molecular formula is C20H19N3O4. The molecule has 1 fully saturated rings. The summed E-state index contributed by atoms with van der Waals surface area (Å²) in [5, 5.41) is 18.5. The lowest BCUT2D eigenvalue weighted by atomic mass is 10.1. The van der Waals surface area contributed by atoms with Crippen LogP contribution < -0.4 is 0 Å². The Morgan fingerprint density at radius 2 is 1.52 bits per heavy atom. The van der Waals surface area contributed by atoms with Crippen LogP contribution in [0.1, 0.15) is 5.56 Å². The Morgan fingerprint density at radius 3 is 2.15 bits per heavy atom. The van der Waals surface area contributed by atoms with Gasteiger partial charge in [0.15, 0.2) is 11.5 Å². The van der Waals surface area contributed by atoms with E-state index in [1.807, 2.05) is 6.07 Å². The fourth-order valence-corrected chi connectivity index (χ4v) is 2.55. The molecule has 7 nitrogen and oxygen atoms in total. The van der Waals surface area contributed by atoms with E-state index in [2.05, 4.69) is 10.2 Å². The lowest BCUT2D eigenvalue weighted by Crippen LogP contribution is -2.44. The summed E-state index contributed by atoms with van der Waals surface area (Å²) in [4.78, 5) is 26.7. The van der Waals surface area contributed by atoms with Crippen molar-refractivity contribution < 1.29 is 19.4 Å². The van der Waals surface area contributed by atoms with Gasteiger partial charge in [-0.3, -0.25) is 9.59 Å². The van der Waals surface area contributed by atoms with Gasteiger partial charge in [0, 0.05) is 18.7 Å². The number of aliphatic hydroxyl groups excluding tert-OH is 1. The number of carbonyl (C=O) groups is 2. The first-order chi connectivity index (χ1) is 13.2. The summed E-state index contributed by atoms with van der Waals surface area (Å²) < 4.78 is 5.20. The molecule has 1 aliphatic rings. The van der Waals surface area contributed by atoms with Crippen molar-refractivity contribution in [3.05, 3.63) is 71.9 Å². The minimum absolute atomic E-state index is 0.319. The molecule has 1 amide bonds. The van der Waals surface area contributed by atoms with Crippen LogP contribution in [0.25, 0.3) is 5.76 Å². The SMILES string of the molecule is O=C(C(=O)N1CCOCC1)/C(N=Nc1ccccc1)=C(\O)c1ccccc1. The third-order valence-electron chi connectivity index (χ3n) is 4.00. The summed E-state index contributed by atoms with van der Waals surface area (Å²) in [5.41, 5.74) is 0.492. The zero-order chi connectivity index (χ0) is 19.1. The molecule has 0 spiro atoms. The van der Waals surface area contributed by atoms with Gasteiger partial charge in [0.2, 0.25) is 0 Å². The first-order valence-corrected chi connectivity index (χ1v) is 8.53. The number of amides is 1. The number of azo groups is 1. The summed E-state index contributed by atoms with van der Waals surface area (Å²) >= 11 is 0. The van der Waals surface area contributed by atoms with Crippen LogP contribution in [-0.4, -0.2) is 48.0 Å². The molecule has 0 radical (unpaired) electrons. The van der Waals surface area contributed by atoms with Gasteiger partial charge < -0.3 is 14.7 Å². The summed E-state index contributed by atoms with van der Waals surface area (Å²) in [6, 6.07) is 17.2. The van der Waals surface area contributed by atoms with Crippen LogP contribution in [0, 0.1) is 0 Å². The molecule has 0 unspecified atom stereocenters. The Kier molecular flexibility index (Phi) is 6.06. The molecule has 1 N–H and O–H groups in total. The summed E-state index contributed by atoms with van der Waals surface area (Å²) in [6.45, 7) is 1.38.